The molecule has 0 aliphatic rings. The fraction of sp³-hybridized carbons (Fsp3) is 0.533. The molecule has 0 fully saturated rings. The van der Waals surface area contributed by atoms with Gasteiger partial charge in [0.1, 0.15) is 0 Å². The lowest BCUT2D eigenvalue weighted by Crippen LogP contribution is -2.42. The molecule has 1 aromatic rings. The van der Waals surface area contributed by atoms with Crippen LogP contribution in [0.15, 0.2) is 34.2 Å². The largest absolute Gasteiger partial charge is 0.356 e. The molecule has 0 radical (unpaired) electrons. The highest BCUT2D eigenvalue weighted by atomic mass is 32.2. The number of benzene rings is 1. The van der Waals surface area contributed by atoms with Gasteiger partial charge in [0.15, 0.2) is 15.8 Å². The summed E-state index contributed by atoms with van der Waals surface area (Å²) in [5.41, 5.74) is 1.09. The molecule has 0 heterocycles. The van der Waals surface area contributed by atoms with Gasteiger partial charge in [-0.05, 0) is 37.5 Å². The molecule has 6 heteroatoms. The zero-order valence-corrected chi connectivity index (χ0v) is 14.0. The Morgan fingerprint density at radius 2 is 1.90 bits per heavy atom. The lowest BCUT2D eigenvalue weighted by atomic mass is 10.1. The third-order valence-corrected chi connectivity index (χ3v) is 4.41. The molecule has 0 aromatic heterocycles. The predicted molar refractivity (Wildman–Crippen MR) is 87.5 cm³/mol. The van der Waals surface area contributed by atoms with Gasteiger partial charge in [-0.1, -0.05) is 19.1 Å². The van der Waals surface area contributed by atoms with Crippen molar-refractivity contribution in [3.8, 4) is 0 Å². The van der Waals surface area contributed by atoms with Gasteiger partial charge in [0, 0.05) is 25.9 Å². The van der Waals surface area contributed by atoms with Gasteiger partial charge >= 0.3 is 0 Å². The Labute approximate surface area is 127 Å². The van der Waals surface area contributed by atoms with Crippen LogP contribution in [0.4, 0.5) is 0 Å². The minimum atomic E-state index is -3.12. The Bertz CT molecular complexity index is 565. The van der Waals surface area contributed by atoms with E-state index in [0.717, 1.165) is 30.9 Å². The van der Waals surface area contributed by atoms with Gasteiger partial charge in [-0.3, -0.25) is 4.99 Å². The van der Waals surface area contributed by atoms with E-state index in [2.05, 4.69) is 29.5 Å². The van der Waals surface area contributed by atoms with Crippen LogP contribution in [-0.4, -0.2) is 40.3 Å². The highest BCUT2D eigenvalue weighted by Gasteiger charge is 2.06. The summed E-state index contributed by atoms with van der Waals surface area (Å²) in [7, 11) is -1.37. The number of sulfone groups is 1. The van der Waals surface area contributed by atoms with Crippen LogP contribution in [-0.2, 0) is 16.3 Å². The molecule has 0 aliphatic carbocycles. The Kier molecular flexibility index (Phi) is 6.68. The topological polar surface area (TPSA) is 70.6 Å². The third kappa shape index (κ3) is 6.16. The molecule has 1 aromatic carbocycles. The molecule has 118 valence electrons. The smallest absolute Gasteiger partial charge is 0.191 e. The van der Waals surface area contributed by atoms with Crippen LogP contribution in [0.1, 0.15) is 25.8 Å². The molecule has 21 heavy (non-hydrogen) atoms. The number of hydrogen-bond acceptors (Lipinski definition) is 3. The van der Waals surface area contributed by atoms with Gasteiger partial charge < -0.3 is 10.6 Å². The maximum Gasteiger partial charge on any atom is 0.191 e. The molecule has 0 aliphatic heterocycles. The Morgan fingerprint density at radius 1 is 1.29 bits per heavy atom. The molecule has 1 atom stereocenters. The quantitative estimate of drug-likeness (QED) is 0.618. The summed E-state index contributed by atoms with van der Waals surface area (Å²) in [6.45, 7) is 4.97. The molecule has 0 bridgehead atoms. The molecule has 0 spiro atoms. The van der Waals surface area contributed by atoms with Gasteiger partial charge in [-0.15, -0.1) is 0 Å². The fourth-order valence-corrected chi connectivity index (χ4v) is 2.39. The standard InChI is InChI=1S/C15H25N3O2S/c1-5-12(2)18-15(16-3)17-11-10-13-6-8-14(9-7-13)21(4,19)20/h6-9,12H,5,10-11H2,1-4H3,(H2,16,17,18). The number of rotatable bonds is 6. The van der Waals surface area contributed by atoms with Gasteiger partial charge in [0.05, 0.1) is 4.90 Å². The molecule has 0 amide bonds. The first-order chi connectivity index (χ1) is 9.86. The van der Waals surface area contributed by atoms with E-state index >= 15 is 0 Å². The highest BCUT2D eigenvalue weighted by molar-refractivity contribution is 7.90. The van der Waals surface area contributed by atoms with Crippen molar-refractivity contribution in [2.24, 2.45) is 4.99 Å². The first-order valence-corrected chi connectivity index (χ1v) is 9.02. The molecule has 2 N–H and O–H groups in total. The van der Waals surface area contributed by atoms with E-state index < -0.39 is 9.84 Å². The van der Waals surface area contributed by atoms with Gasteiger partial charge in [-0.25, -0.2) is 8.42 Å². The van der Waals surface area contributed by atoms with Crippen LogP contribution in [0.2, 0.25) is 0 Å². The van der Waals surface area contributed by atoms with E-state index in [4.69, 9.17) is 0 Å². The maximum atomic E-state index is 11.4. The Balaban J connectivity index is 2.49. The van der Waals surface area contributed by atoms with Crippen molar-refractivity contribution in [2.75, 3.05) is 19.8 Å². The van der Waals surface area contributed by atoms with Crippen molar-refractivity contribution < 1.29 is 8.42 Å². The Morgan fingerprint density at radius 3 is 2.38 bits per heavy atom. The summed E-state index contributed by atoms with van der Waals surface area (Å²) in [5, 5.41) is 6.54. The van der Waals surface area contributed by atoms with Crippen molar-refractivity contribution in [3.63, 3.8) is 0 Å². The summed E-state index contributed by atoms with van der Waals surface area (Å²) in [5.74, 6) is 0.789. The van der Waals surface area contributed by atoms with Crippen LogP contribution in [0.3, 0.4) is 0 Å². The molecule has 5 nitrogen and oxygen atoms in total. The monoisotopic (exact) mass is 311 g/mol. The number of guanidine groups is 1. The summed E-state index contributed by atoms with van der Waals surface area (Å²) < 4.78 is 22.8. The Hall–Kier alpha value is -1.56. The molecule has 0 saturated heterocycles. The van der Waals surface area contributed by atoms with Crippen LogP contribution in [0.5, 0.6) is 0 Å². The molecular formula is C15H25N3O2S. The first-order valence-electron chi connectivity index (χ1n) is 7.13. The first kappa shape index (κ1) is 17.5. The minimum Gasteiger partial charge on any atom is -0.356 e. The van der Waals surface area contributed by atoms with Crippen molar-refractivity contribution in [1.82, 2.24) is 10.6 Å². The van der Waals surface area contributed by atoms with E-state index in [1.54, 1.807) is 19.2 Å². The zero-order valence-electron chi connectivity index (χ0n) is 13.2. The SMILES string of the molecule is CCC(C)NC(=NC)NCCc1ccc(S(C)(=O)=O)cc1. The van der Waals surface area contributed by atoms with E-state index in [-0.39, 0.29) is 0 Å². The number of hydrogen-bond donors (Lipinski definition) is 2. The van der Waals surface area contributed by atoms with E-state index in [1.165, 1.54) is 6.26 Å². The summed E-state index contributed by atoms with van der Waals surface area (Å²) in [6.07, 6.45) is 3.06. The second-order valence-electron chi connectivity index (χ2n) is 5.12. The number of nitrogens with zero attached hydrogens (tertiary/aromatic N) is 1. The number of nitrogens with one attached hydrogen (secondary N) is 2. The number of aliphatic imine (C=N–C) groups is 1. The maximum absolute atomic E-state index is 11.4. The normalized spacial score (nSPS) is 13.8. The predicted octanol–water partition coefficient (Wildman–Crippen LogP) is 1.60. The van der Waals surface area contributed by atoms with Crippen molar-refractivity contribution in [3.05, 3.63) is 29.8 Å². The van der Waals surface area contributed by atoms with E-state index in [1.807, 2.05) is 12.1 Å². The molecule has 0 saturated carbocycles. The summed E-state index contributed by atoms with van der Waals surface area (Å²) >= 11 is 0. The molecular weight excluding hydrogens is 286 g/mol. The average molecular weight is 311 g/mol. The minimum absolute atomic E-state index is 0.355. The molecule has 1 rings (SSSR count). The van der Waals surface area contributed by atoms with Crippen LogP contribution in [0.25, 0.3) is 0 Å². The third-order valence-electron chi connectivity index (χ3n) is 3.28. The highest BCUT2D eigenvalue weighted by Crippen LogP contribution is 2.10. The summed E-state index contributed by atoms with van der Waals surface area (Å²) in [4.78, 5) is 4.52. The van der Waals surface area contributed by atoms with Crippen molar-refractivity contribution in [1.29, 1.82) is 0 Å². The fourth-order valence-electron chi connectivity index (χ4n) is 1.76. The van der Waals surface area contributed by atoms with Gasteiger partial charge in [0.2, 0.25) is 0 Å². The lowest BCUT2D eigenvalue weighted by Gasteiger charge is -2.16. The lowest BCUT2D eigenvalue weighted by molar-refractivity contribution is 0.602. The van der Waals surface area contributed by atoms with E-state index in [9.17, 15) is 8.42 Å². The van der Waals surface area contributed by atoms with Gasteiger partial charge in [0.25, 0.3) is 0 Å². The van der Waals surface area contributed by atoms with Crippen LogP contribution < -0.4 is 10.6 Å². The van der Waals surface area contributed by atoms with Crippen molar-refractivity contribution >= 4 is 15.8 Å². The molecule has 1 unspecified atom stereocenters. The zero-order chi connectivity index (χ0) is 15.9. The second kappa shape index (κ2) is 8.02. The van der Waals surface area contributed by atoms with E-state index in [0.29, 0.717) is 10.9 Å². The average Bonchev–Trinajstić information content (AvgIpc) is 2.45. The van der Waals surface area contributed by atoms with Crippen LogP contribution >= 0.6 is 0 Å². The van der Waals surface area contributed by atoms with Crippen molar-refractivity contribution in [2.45, 2.75) is 37.6 Å². The second-order valence-corrected chi connectivity index (χ2v) is 7.13. The summed E-state index contributed by atoms with van der Waals surface area (Å²) in [6, 6.07) is 7.38. The van der Waals surface area contributed by atoms with Crippen LogP contribution in [0, 0.1) is 0 Å². The van der Waals surface area contributed by atoms with Gasteiger partial charge in [-0.2, -0.15) is 0 Å².